The molecule has 2 aromatic carbocycles. The topological polar surface area (TPSA) is 76.4 Å². The Labute approximate surface area is 172 Å². The van der Waals surface area contributed by atoms with Gasteiger partial charge in [-0.05, 0) is 68.9 Å². The van der Waals surface area contributed by atoms with Crippen LogP contribution in [-0.2, 0) is 11.3 Å². The summed E-state index contributed by atoms with van der Waals surface area (Å²) in [6, 6.07) is 9.97. The second-order valence-electron chi connectivity index (χ2n) is 7.56. The number of carbonyl (C=O) groups is 2. The summed E-state index contributed by atoms with van der Waals surface area (Å²) in [6.07, 6.45) is 0. The molecule has 4 rings (SSSR count). The molecule has 0 saturated carbocycles. The summed E-state index contributed by atoms with van der Waals surface area (Å²) < 4.78 is 14.6. The summed E-state index contributed by atoms with van der Waals surface area (Å²) in [5.74, 6) is -1.15. The number of hydrogen-bond donors (Lipinski definition) is 1. The molecular weight excluding hydrogens is 391 g/mol. The van der Waals surface area contributed by atoms with Crippen LogP contribution in [0.4, 0.5) is 15.8 Å². The molecule has 0 atom stereocenters. The number of hydrogen-bond acceptors (Lipinski definition) is 4. The van der Waals surface area contributed by atoms with Crippen molar-refractivity contribution in [2.75, 3.05) is 9.80 Å². The summed E-state index contributed by atoms with van der Waals surface area (Å²) in [5.41, 5.74) is 1.58. The van der Waals surface area contributed by atoms with Gasteiger partial charge in [-0.25, -0.2) is 4.39 Å². The average molecular weight is 408 g/mol. The van der Waals surface area contributed by atoms with Crippen LogP contribution in [0.5, 0.6) is 0 Å². The molecule has 1 fully saturated rings. The van der Waals surface area contributed by atoms with Gasteiger partial charge < -0.3 is 10.2 Å². The number of rotatable bonds is 2. The molecule has 29 heavy (non-hydrogen) atoms. The van der Waals surface area contributed by atoms with Gasteiger partial charge in [-0.15, -0.1) is 0 Å². The van der Waals surface area contributed by atoms with Gasteiger partial charge in [0.15, 0.2) is 5.11 Å². The number of anilines is 2. The molecule has 0 radical (unpaired) electrons. The normalized spacial score (nSPS) is 17.4. The molecule has 2 aliphatic heterocycles. The Kier molecular flexibility index (Phi) is 4.17. The van der Waals surface area contributed by atoms with Crippen molar-refractivity contribution < 1.29 is 14.0 Å². The van der Waals surface area contributed by atoms with Gasteiger partial charge in [0.2, 0.25) is 0 Å². The van der Waals surface area contributed by atoms with E-state index >= 15 is 0 Å². The maximum absolute atomic E-state index is 14.6. The molecule has 0 aromatic heterocycles. The van der Waals surface area contributed by atoms with Gasteiger partial charge in [0.1, 0.15) is 11.4 Å². The molecule has 8 heteroatoms. The number of nitrogens with one attached hydrogen (secondary N) is 1. The van der Waals surface area contributed by atoms with Crippen LogP contribution in [-0.4, -0.2) is 22.5 Å². The second kappa shape index (κ2) is 6.36. The van der Waals surface area contributed by atoms with Crippen LogP contribution >= 0.6 is 12.2 Å². The van der Waals surface area contributed by atoms with Crippen LogP contribution in [0.25, 0.3) is 0 Å². The van der Waals surface area contributed by atoms with Crippen molar-refractivity contribution in [3.8, 4) is 6.07 Å². The molecule has 6 nitrogen and oxygen atoms in total. The lowest BCUT2D eigenvalue weighted by Crippen LogP contribution is -2.44. The molecule has 0 bridgehead atoms. The molecule has 0 spiro atoms. The van der Waals surface area contributed by atoms with Crippen LogP contribution < -0.4 is 15.1 Å². The molecule has 146 valence electrons. The average Bonchev–Trinajstić information content (AvgIpc) is 3.11. The fourth-order valence-electron chi connectivity index (χ4n) is 3.77. The van der Waals surface area contributed by atoms with Crippen LogP contribution in [0.1, 0.15) is 40.9 Å². The first-order valence-electron chi connectivity index (χ1n) is 8.97. The van der Waals surface area contributed by atoms with Crippen molar-refractivity contribution in [2.45, 2.75) is 32.9 Å². The zero-order chi connectivity index (χ0) is 21.1. The number of carbonyl (C=O) groups excluding carboxylic acids is 2. The number of nitriles is 1. The van der Waals surface area contributed by atoms with Gasteiger partial charge in [0.05, 0.1) is 17.3 Å². The summed E-state index contributed by atoms with van der Waals surface area (Å²) in [6.45, 7) is 5.32. The lowest BCUT2D eigenvalue weighted by Gasteiger charge is -2.29. The van der Waals surface area contributed by atoms with Crippen molar-refractivity contribution >= 4 is 40.5 Å². The van der Waals surface area contributed by atoms with Crippen LogP contribution in [0.15, 0.2) is 30.3 Å². The second-order valence-corrected chi connectivity index (χ2v) is 7.93. The van der Waals surface area contributed by atoms with E-state index in [4.69, 9.17) is 17.5 Å². The zero-order valence-corrected chi connectivity index (χ0v) is 16.9. The Morgan fingerprint density at radius 3 is 2.59 bits per heavy atom. The van der Waals surface area contributed by atoms with E-state index in [1.165, 1.54) is 11.0 Å². The monoisotopic (exact) mass is 408 g/mol. The Balaban J connectivity index is 1.82. The fraction of sp³-hybridized carbons (Fsp3) is 0.238. The van der Waals surface area contributed by atoms with E-state index in [1.807, 2.05) is 0 Å². The molecule has 2 aromatic rings. The highest BCUT2D eigenvalue weighted by atomic mass is 32.1. The Morgan fingerprint density at radius 2 is 1.93 bits per heavy atom. The third-order valence-corrected chi connectivity index (χ3v) is 5.73. The third kappa shape index (κ3) is 2.69. The van der Waals surface area contributed by atoms with Crippen molar-refractivity contribution in [1.29, 1.82) is 5.26 Å². The van der Waals surface area contributed by atoms with E-state index in [9.17, 15) is 14.0 Å². The standard InChI is InChI=1S/C21H17FN4O2S/c1-11-6-13(5-4-12(11)9-23)25-19(28)21(2,3)26(20(25)29)14-7-15-16(17(22)8-14)10-24-18(15)27/h4-8H,10H2,1-3H3,(H,24,27). The van der Waals surface area contributed by atoms with Crippen molar-refractivity contribution in [1.82, 2.24) is 5.32 Å². The van der Waals surface area contributed by atoms with E-state index in [2.05, 4.69) is 11.4 Å². The molecule has 0 aliphatic carbocycles. The van der Waals surface area contributed by atoms with Gasteiger partial charge >= 0.3 is 0 Å². The van der Waals surface area contributed by atoms with Crippen LogP contribution in [0, 0.1) is 24.1 Å². The first kappa shape index (κ1) is 19.0. The molecule has 1 N–H and O–H groups in total. The number of thiocarbonyl (C=S) groups is 1. The molecule has 2 heterocycles. The smallest absolute Gasteiger partial charge is 0.259 e. The quantitative estimate of drug-likeness (QED) is 0.773. The summed E-state index contributed by atoms with van der Waals surface area (Å²) in [4.78, 5) is 28.2. The number of benzene rings is 2. The molecular formula is C21H17FN4O2S. The van der Waals surface area contributed by atoms with Gasteiger partial charge in [-0.3, -0.25) is 14.5 Å². The van der Waals surface area contributed by atoms with Crippen molar-refractivity contribution in [3.63, 3.8) is 0 Å². The Bertz CT molecular complexity index is 1150. The number of fused-ring (bicyclic) bond motifs is 1. The van der Waals surface area contributed by atoms with E-state index in [1.54, 1.807) is 49.9 Å². The van der Waals surface area contributed by atoms with Gasteiger partial charge in [-0.2, -0.15) is 5.26 Å². The lowest BCUT2D eigenvalue weighted by molar-refractivity contribution is -0.120. The lowest BCUT2D eigenvalue weighted by atomic mass is 10.0. The minimum Gasteiger partial charge on any atom is -0.348 e. The summed E-state index contributed by atoms with van der Waals surface area (Å²) >= 11 is 5.60. The highest BCUT2D eigenvalue weighted by molar-refractivity contribution is 7.81. The molecule has 1 saturated heterocycles. The number of amides is 2. The number of aryl methyl sites for hydroxylation is 1. The Hall–Kier alpha value is -3.31. The largest absolute Gasteiger partial charge is 0.348 e. The maximum Gasteiger partial charge on any atom is 0.259 e. The SMILES string of the molecule is Cc1cc(N2C(=O)C(C)(C)N(c3cc(F)c4c(c3)C(=O)NC4)C2=S)ccc1C#N. The molecule has 2 amide bonds. The van der Waals surface area contributed by atoms with E-state index < -0.39 is 11.4 Å². The van der Waals surface area contributed by atoms with Gasteiger partial charge in [0, 0.05) is 23.4 Å². The Morgan fingerprint density at radius 1 is 1.21 bits per heavy atom. The minimum absolute atomic E-state index is 0.143. The van der Waals surface area contributed by atoms with Crippen molar-refractivity contribution in [3.05, 3.63) is 58.4 Å². The van der Waals surface area contributed by atoms with Crippen LogP contribution in [0.2, 0.25) is 0 Å². The number of nitrogens with zero attached hydrogens (tertiary/aromatic N) is 3. The number of halogens is 1. The highest BCUT2D eigenvalue weighted by Crippen LogP contribution is 2.38. The third-order valence-electron chi connectivity index (χ3n) is 5.37. The maximum atomic E-state index is 14.6. The predicted octanol–water partition coefficient (Wildman–Crippen LogP) is 3.17. The summed E-state index contributed by atoms with van der Waals surface area (Å²) in [7, 11) is 0. The molecule has 2 aliphatic rings. The minimum atomic E-state index is -1.09. The van der Waals surface area contributed by atoms with E-state index in [0.717, 1.165) is 5.56 Å². The first-order chi connectivity index (χ1) is 13.7. The molecule has 0 unspecified atom stereocenters. The van der Waals surface area contributed by atoms with Crippen molar-refractivity contribution in [2.24, 2.45) is 0 Å². The van der Waals surface area contributed by atoms with E-state index in [-0.39, 0.29) is 29.0 Å². The first-order valence-corrected chi connectivity index (χ1v) is 9.37. The predicted molar refractivity (Wildman–Crippen MR) is 110 cm³/mol. The van der Waals surface area contributed by atoms with Crippen LogP contribution in [0.3, 0.4) is 0 Å². The highest BCUT2D eigenvalue weighted by Gasteiger charge is 2.50. The fourth-order valence-corrected chi connectivity index (χ4v) is 4.29. The van der Waals surface area contributed by atoms with E-state index in [0.29, 0.717) is 22.5 Å². The zero-order valence-electron chi connectivity index (χ0n) is 16.0. The van der Waals surface area contributed by atoms with Gasteiger partial charge in [0.25, 0.3) is 11.8 Å². The van der Waals surface area contributed by atoms with Gasteiger partial charge in [-0.1, -0.05) is 0 Å². The summed E-state index contributed by atoms with van der Waals surface area (Å²) in [5, 5.41) is 11.9.